The smallest absolute Gasteiger partial charge is 0.358 e. The van der Waals surface area contributed by atoms with Gasteiger partial charge in [0.25, 0.3) is 0 Å². The van der Waals surface area contributed by atoms with Crippen LogP contribution in [-0.2, 0) is 16.0 Å². The zero-order valence-electron chi connectivity index (χ0n) is 16.8. The summed E-state index contributed by atoms with van der Waals surface area (Å²) >= 11 is 1.37. The minimum atomic E-state index is -0.592. The third-order valence-corrected chi connectivity index (χ3v) is 5.56. The number of Topliss-reactive ketones (excluding diaryl/α,β-unsaturated/α-hetero) is 1. The predicted octanol–water partition coefficient (Wildman–Crippen LogP) is 4.30. The first-order chi connectivity index (χ1) is 14.0. The van der Waals surface area contributed by atoms with E-state index < -0.39 is 5.97 Å². The van der Waals surface area contributed by atoms with Gasteiger partial charge in [-0.05, 0) is 26.3 Å². The summed E-state index contributed by atoms with van der Waals surface area (Å²) in [4.78, 5) is 29.2. The van der Waals surface area contributed by atoms with Crippen LogP contribution >= 0.6 is 11.3 Å². The Balaban J connectivity index is 1.61. The van der Waals surface area contributed by atoms with Crippen LogP contribution in [0.15, 0.2) is 41.8 Å². The van der Waals surface area contributed by atoms with Gasteiger partial charge >= 0.3 is 5.97 Å². The van der Waals surface area contributed by atoms with Gasteiger partial charge in [0.1, 0.15) is 5.01 Å². The molecule has 0 saturated carbocycles. The molecule has 0 aliphatic rings. The first kappa shape index (κ1) is 21.0. The average molecular weight is 413 g/mol. The number of rotatable bonds is 9. The number of nitrogens with zero attached hydrogens (tertiary/aromatic N) is 2. The van der Waals surface area contributed by atoms with Crippen LogP contribution in [0.3, 0.4) is 0 Å². The molecule has 0 aliphatic heterocycles. The Morgan fingerprint density at radius 1 is 1.17 bits per heavy atom. The lowest BCUT2D eigenvalue weighted by atomic mass is 10.1. The summed E-state index contributed by atoms with van der Waals surface area (Å²) in [5.41, 5.74) is 3.61. The fourth-order valence-corrected chi connectivity index (χ4v) is 3.95. The Kier molecular flexibility index (Phi) is 6.95. The van der Waals surface area contributed by atoms with Crippen LogP contribution in [0, 0.1) is 13.8 Å². The first-order valence-corrected chi connectivity index (χ1v) is 10.3. The lowest BCUT2D eigenvalue weighted by Gasteiger charge is -2.09. The molecule has 0 bridgehead atoms. The number of esters is 1. The minimum absolute atomic E-state index is 0.215. The highest BCUT2D eigenvalue weighted by atomic mass is 32.1. The first-order valence-electron chi connectivity index (χ1n) is 9.38. The number of hydrogen-bond donors (Lipinski definition) is 0. The molecule has 0 saturated heterocycles. The van der Waals surface area contributed by atoms with Crippen molar-refractivity contribution in [3.05, 3.63) is 64.4 Å². The normalized spacial score (nSPS) is 10.9. The highest BCUT2D eigenvalue weighted by Crippen LogP contribution is 2.23. The molecule has 1 aromatic carbocycles. The van der Waals surface area contributed by atoms with E-state index in [1.807, 2.05) is 50.2 Å². The third-order valence-electron chi connectivity index (χ3n) is 4.67. The molecule has 2 aromatic heterocycles. The highest BCUT2D eigenvalue weighted by Gasteiger charge is 2.19. The Morgan fingerprint density at radius 3 is 2.66 bits per heavy atom. The predicted molar refractivity (Wildman–Crippen MR) is 113 cm³/mol. The van der Waals surface area contributed by atoms with E-state index in [9.17, 15) is 9.59 Å². The van der Waals surface area contributed by atoms with Gasteiger partial charge in [-0.1, -0.05) is 30.3 Å². The van der Waals surface area contributed by atoms with Crippen LogP contribution < -0.4 is 0 Å². The van der Waals surface area contributed by atoms with Crippen molar-refractivity contribution < 1.29 is 19.1 Å². The van der Waals surface area contributed by atoms with Crippen LogP contribution in [0.1, 0.15) is 38.7 Å². The van der Waals surface area contributed by atoms with Gasteiger partial charge in [0, 0.05) is 48.2 Å². The largest absolute Gasteiger partial charge is 0.453 e. The van der Waals surface area contributed by atoms with Crippen molar-refractivity contribution in [2.45, 2.75) is 26.8 Å². The quantitative estimate of drug-likeness (QED) is 0.298. The van der Waals surface area contributed by atoms with E-state index in [0.29, 0.717) is 12.2 Å². The molecule has 7 heteroatoms. The molecule has 3 aromatic rings. The van der Waals surface area contributed by atoms with E-state index in [1.54, 1.807) is 12.5 Å². The second-order valence-electron chi connectivity index (χ2n) is 6.69. The summed E-state index contributed by atoms with van der Waals surface area (Å²) in [5.74, 6) is -0.811. The van der Waals surface area contributed by atoms with Gasteiger partial charge in [-0.2, -0.15) is 0 Å². The number of benzene rings is 1. The number of aryl methyl sites for hydroxylation is 1. The van der Waals surface area contributed by atoms with Crippen LogP contribution in [0.2, 0.25) is 0 Å². The molecule has 0 spiro atoms. The molecule has 29 heavy (non-hydrogen) atoms. The minimum Gasteiger partial charge on any atom is -0.453 e. The molecule has 0 amide bonds. The molecule has 0 atom stereocenters. The van der Waals surface area contributed by atoms with Crippen molar-refractivity contribution in [2.24, 2.45) is 0 Å². The number of ketones is 1. The Hall–Kier alpha value is -2.77. The van der Waals surface area contributed by atoms with E-state index >= 15 is 0 Å². The summed E-state index contributed by atoms with van der Waals surface area (Å²) in [7, 11) is 1.67. The summed E-state index contributed by atoms with van der Waals surface area (Å²) in [6, 6.07) is 11.5. The van der Waals surface area contributed by atoms with E-state index in [-0.39, 0.29) is 18.1 Å². The lowest BCUT2D eigenvalue weighted by molar-refractivity contribution is 0.0469. The van der Waals surface area contributed by atoms with Crippen molar-refractivity contribution in [1.29, 1.82) is 0 Å². The zero-order valence-corrected chi connectivity index (χ0v) is 17.6. The van der Waals surface area contributed by atoms with E-state index in [1.165, 1.54) is 11.3 Å². The number of carbonyl (C=O) groups excluding carboxylic acids is 2. The molecular weight excluding hydrogens is 388 g/mol. The SMILES string of the molecule is COCCCn1c(C)cc(C(=O)COC(=O)c2csc(-c3ccccc3)n2)c1C. The number of aromatic nitrogens is 2. The van der Waals surface area contributed by atoms with Gasteiger partial charge in [0.05, 0.1) is 0 Å². The van der Waals surface area contributed by atoms with E-state index in [2.05, 4.69) is 9.55 Å². The second-order valence-corrected chi connectivity index (χ2v) is 7.54. The van der Waals surface area contributed by atoms with Gasteiger partial charge in [-0.25, -0.2) is 9.78 Å². The van der Waals surface area contributed by atoms with Crippen molar-refractivity contribution in [2.75, 3.05) is 20.3 Å². The summed E-state index contributed by atoms with van der Waals surface area (Å²) in [5, 5.41) is 2.39. The second kappa shape index (κ2) is 9.62. The average Bonchev–Trinajstić information content (AvgIpc) is 3.33. The van der Waals surface area contributed by atoms with E-state index in [0.717, 1.165) is 34.9 Å². The summed E-state index contributed by atoms with van der Waals surface area (Å²) in [6.45, 7) is 5.00. The monoisotopic (exact) mass is 412 g/mol. The molecular formula is C22H24N2O4S. The Labute approximate surface area is 174 Å². The number of hydrogen-bond acceptors (Lipinski definition) is 6. The Morgan fingerprint density at radius 2 is 1.93 bits per heavy atom. The van der Waals surface area contributed by atoms with Crippen LogP contribution in [0.4, 0.5) is 0 Å². The molecule has 152 valence electrons. The van der Waals surface area contributed by atoms with Gasteiger partial charge in [-0.15, -0.1) is 11.3 Å². The number of ether oxygens (including phenoxy) is 2. The molecule has 2 heterocycles. The molecule has 0 unspecified atom stereocenters. The molecule has 3 rings (SSSR count). The number of thiazole rings is 1. The number of carbonyl (C=O) groups is 2. The van der Waals surface area contributed by atoms with Crippen molar-refractivity contribution in [3.8, 4) is 10.6 Å². The molecule has 0 fully saturated rings. The maximum atomic E-state index is 12.6. The van der Waals surface area contributed by atoms with Crippen LogP contribution in [0.5, 0.6) is 0 Å². The van der Waals surface area contributed by atoms with E-state index in [4.69, 9.17) is 9.47 Å². The fourth-order valence-electron chi connectivity index (χ4n) is 3.16. The highest BCUT2D eigenvalue weighted by molar-refractivity contribution is 7.13. The third kappa shape index (κ3) is 4.99. The molecule has 6 nitrogen and oxygen atoms in total. The molecule has 0 radical (unpaired) electrons. The van der Waals surface area contributed by atoms with Crippen LogP contribution in [-0.4, -0.2) is 41.6 Å². The van der Waals surface area contributed by atoms with Gasteiger partial charge < -0.3 is 14.0 Å². The van der Waals surface area contributed by atoms with Crippen molar-refractivity contribution in [3.63, 3.8) is 0 Å². The maximum absolute atomic E-state index is 12.6. The lowest BCUT2D eigenvalue weighted by Crippen LogP contribution is -2.15. The van der Waals surface area contributed by atoms with Gasteiger partial charge in [0.2, 0.25) is 5.78 Å². The summed E-state index contributed by atoms with van der Waals surface area (Å²) in [6.07, 6.45) is 0.864. The van der Waals surface area contributed by atoms with Gasteiger partial charge in [-0.3, -0.25) is 4.79 Å². The topological polar surface area (TPSA) is 70.4 Å². The van der Waals surface area contributed by atoms with Crippen molar-refractivity contribution >= 4 is 23.1 Å². The fraction of sp³-hybridized carbons (Fsp3) is 0.318. The summed E-state index contributed by atoms with van der Waals surface area (Å²) < 4.78 is 12.4. The maximum Gasteiger partial charge on any atom is 0.358 e. The standard InChI is InChI=1S/C22H24N2O4S/c1-15-12-18(16(2)24(15)10-7-11-27-3)20(25)13-28-22(26)19-14-29-21(23-19)17-8-5-4-6-9-17/h4-6,8-9,12,14H,7,10-11,13H2,1-3H3. The molecule has 0 aliphatic carbocycles. The molecule has 0 N–H and O–H groups in total. The number of methoxy groups -OCH3 is 1. The Bertz CT molecular complexity index is 992. The van der Waals surface area contributed by atoms with Gasteiger partial charge in [0.15, 0.2) is 12.3 Å². The van der Waals surface area contributed by atoms with Crippen LogP contribution in [0.25, 0.3) is 10.6 Å². The zero-order chi connectivity index (χ0) is 20.8. The van der Waals surface area contributed by atoms with Crippen molar-refractivity contribution in [1.82, 2.24) is 9.55 Å².